The zero-order chi connectivity index (χ0) is 9.84. The summed E-state index contributed by atoms with van der Waals surface area (Å²) in [7, 11) is 1.56. The van der Waals surface area contributed by atoms with E-state index in [9.17, 15) is 4.79 Å². The summed E-state index contributed by atoms with van der Waals surface area (Å²) >= 11 is 2.20. The number of hydrogen-bond donors (Lipinski definition) is 1. The van der Waals surface area contributed by atoms with Gasteiger partial charge in [-0.2, -0.15) is 0 Å². The summed E-state index contributed by atoms with van der Waals surface area (Å²) in [5.74, 6) is 0. The number of amides is 1. The molecule has 1 aromatic rings. The van der Waals surface area contributed by atoms with E-state index < -0.39 is 6.09 Å². The molecule has 13 heavy (non-hydrogen) atoms. The Kier molecular flexibility index (Phi) is 3.53. The average molecular weight is 291 g/mol. The minimum Gasteiger partial charge on any atom is -0.465 e. The molecule has 3 nitrogen and oxygen atoms in total. The first-order chi connectivity index (χ1) is 6.11. The predicted molar refractivity (Wildman–Crippen MR) is 58.7 cm³/mol. The third-order valence-electron chi connectivity index (χ3n) is 1.69. The van der Waals surface area contributed by atoms with E-state index in [-0.39, 0.29) is 0 Å². The van der Waals surface area contributed by atoms with Gasteiger partial charge in [0, 0.05) is 17.2 Å². The molecule has 0 aromatic heterocycles. The Morgan fingerprint density at radius 3 is 2.69 bits per heavy atom. The highest BCUT2D eigenvalue weighted by Gasteiger charge is 2.07. The molecule has 70 valence electrons. The van der Waals surface area contributed by atoms with E-state index in [0.717, 1.165) is 9.13 Å². The Balaban J connectivity index is 2.74. The number of hydrogen-bond acceptors (Lipinski definition) is 1. The molecule has 0 atom stereocenters. The van der Waals surface area contributed by atoms with Gasteiger partial charge in [-0.25, -0.2) is 4.79 Å². The molecule has 0 saturated carbocycles. The normalized spacial score (nSPS) is 9.69. The number of rotatable bonds is 2. The molecule has 1 amide bonds. The van der Waals surface area contributed by atoms with Gasteiger partial charge in [0.2, 0.25) is 0 Å². The van der Waals surface area contributed by atoms with Crippen LogP contribution < -0.4 is 0 Å². The summed E-state index contributed by atoms with van der Waals surface area (Å²) in [5, 5.41) is 8.66. The quantitative estimate of drug-likeness (QED) is 0.850. The van der Waals surface area contributed by atoms with E-state index >= 15 is 0 Å². The Labute approximate surface area is 90.5 Å². The van der Waals surface area contributed by atoms with Crippen LogP contribution in [0, 0.1) is 3.57 Å². The first-order valence-electron chi connectivity index (χ1n) is 3.78. The molecule has 1 N–H and O–H groups in total. The van der Waals surface area contributed by atoms with Crippen molar-refractivity contribution < 1.29 is 9.90 Å². The standard InChI is InChI=1S/C9H10INO2/c1-11(9(12)13)6-7-4-2-3-5-8(7)10/h2-5H,6H2,1H3,(H,12,13). The molecule has 0 aliphatic carbocycles. The Bertz CT molecular complexity index is 314. The number of carbonyl (C=O) groups is 1. The van der Waals surface area contributed by atoms with Gasteiger partial charge in [-0.15, -0.1) is 0 Å². The van der Waals surface area contributed by atoms with Crippen LogP contribution >= 0.6 is 22.6 Å². The molecule has 0 heterocycles. The summed E-state index contributed by atoms with van der Waals surface area (Å²) in [6.07, 6.45) is -0.903. The van der Waals surface area contributed by atoms with E-state index in [1.807, 2.05) is 24.3 Å². The van der Waals surface area contributed by atoms with Gasteiger partial charge < -0.3 is 10.0 Å². The zero-order valence-electron chi connectivity index (χ0n) is 7.20. The highest BCUT2D eigenvalue weighted by molar-refractivity contribution is 14.1. The highest BCUT2D eigenvalue weighted by Crippen LogP contribution is 2.12. The van der Waals surface area contributed by atoms with E-state index in [4.69, 9.17) is 5.11 Å². The van der Waals surface area contributed by atoms with Crippen LogP contribution in [0.25, 0.3) is 0 Å². The molecule has 0 saturated heterocycles. The van der Waals surface area contributed by atoms with E-state index in [2.05, 4.69) is 22.6 Å². The van der Waals surface area contributed by atoms with Gasteiger partial charge >= 0.3 is 6.09 Å². The number of nitrogens with zero attached hydrogens (tertiary/aromatic N) is 1. The fraction of sp³-hybridized carbons (Fsp3) is 0.222. The van der Waals surface area contributed by atoms with Crippen molar-refractivity contribution in [3.05, 3.63) is 33.4 Å². The molecule has 0 bridgehead atoms. The third kappa shape index (κ3) is 2.87. The smallest absolute Gasteiger partial charge is 0.407 e. The predicted octanol–water partition coefficient (Wildman–Crippen LogP) is 2.40. The van der Waals surface area contributed by atoms with Crippen LogP contribution in [-0.2, 0) is 6.54 Å². The largest absolute Gasteiger partial charge is 0.465 e. The number of halogens is 1. The molecule has 0 aliphatic heterocycles. The molecule has 0 radical (unpaired) electrons. The van der Waals surface area contributed by atoms with Crippen molar-refractivity contribution in [3.8, 4) is 0 Å². The van der Waals surface area contributed by atoms with Gasteiger partial charge in [-0.05, 0) is 34.2 Å². The van der Waals surface area contributed by atoms with E-state index in [1.165, 1.54) is 4.90 Å². The summed E-state index contributed by atoms with van der Waals surface area (Å²) in [6.45, 7) is 0.439. The van der Waals surface area contributed by atoms with Gasteiger partial charge in [-0.1, -0.05) is 18.2 Å². The van der Waals surface area contributed by atoms with Gasteiger partial charge in [-0.3, -0.25) is 0 Å². The summed E-state index contributed by atoms with van der Waals surface area (Å²) in [4.78, 5) is 11.8. The highest BCUT2D eigenvalue weighted by atomic mass is 127. The van der Waals surface area contributed by atoms with Crippen molar-refractivity contribution in [3.63, 3.8) is 0 Å². The fourth-order valence-electron chi connectivity index (χ4n) is 0.950. The van der Waals surface area contributed by atoms with Gasteiger partial charge in [0.15, 0.2) is 0 Å². The SMILES string of the molecule is CN(Cc1ccccc1I)C(=O)O. The molecular formula is C9H10INO2. The Hall–Kier alpha value is -0.780. The topological polar surface area (TPSA) is 40.5 Å². The fourth-order valence-corrected chi connectivity index (χ4v) is 1.51. The second-order valence-corrected chi connectivity index (χ2v) is 3.89. The lowest BCUT2D eigenvalue weighted by atomic mass is 10.2. The Morgan fingerprint density at radius 1 is 1.54 bits per heavy atom. The van der Waals surface area contributed by atoms with Crippen LogP contribution in [0.3, 0.4) is 0 Å². The first kappa shape index (κ1) is 10.3. The van der Waals surface area contributed by atoms with Crippen LogP contribution in [-0.4, -0.2) is 23.1 Å². The van der Waals surface area contributed by atoms with Crippen LogP contribution in [0.4, 0.5) is 4.79 Å². The van der Waals surface area contributed by atoms with Gasteiger partial charge in [0.1, 0.15) is 0 Å². The minimum absolute atomic E-state index is 0.439. The zero-order valence-corrected chi connectivity index (χ0v) is 9.35. The van der Waals surface area contributed by atoms with Crippen molar-refractivity contribution in [2.75, 3.05) is 7.05 Å². The lowest BCUT2D eigenvalue weighted by Gasteiger charge is -2.13. The summed E-state index contributed by atoms with van der Waals surface area (Å²) in [5.41, 5.74) is 1.04. The second-order valence-electron chi connectivity index (χ2n) is 2.73. The average Bonchev–Trinajstić information content (AvgIpc) is 2.08. The van der Waals surface area contributed by atoms with E-state index in [1.54, 1.807) is 7.05 Å². The molecular weight excluding hydrogens is 281 g/mol. The lowest BCUT2D eigenvalue weighted by molar-refractivity contribution is 0.153. The third-order valence-corrected chi connectivity index (χ3v) is 2.74. The molecule has 0 aliphatic rings. The molecule has 0 fully saturated rings. The Morgan fingerprint density at radius 2 is 2.15 bits per heavy atom. The first-order valence-corrected chi connectivity index (χ1v) is 4.86. The molecule has 1 rings (SSSR count). The second kappa shape index (κ2) is 4.45. The molecule has 0 unspecified atom stereocenters. The van der Waals surface area contributed by atoms with Crippen LogP contribution in [0.2, 0.25) is 0 Å². The van der Waals surface area contributed by atoms with Gasteiger partial charge in [0.25, 0.3) is 0 Å². The van der Waals surface area contributed by atoms with E-state index in [0.29, 0.717) is 6.54 Å². The number of carboxylic acid groups (broad SMARTS) is 1. The summed E-state index contributed by atoms with van der Waals surface area (Å²) < 4.78 is 1.09. The molecule has 4 heteroatoms. The van der Waals surface area contributed by atoms with Crippen LogP contribution in [0.5, 0.6) is 0 Å². The molecule has 0 spiro atoms. The van der Waals surface area contributed by atoms with Crippen LogP contribution in [0.1, 0.15) is 5.56 Å². The van der Waals surface area contributed by atoms with Crippen molar-refractivity contribution in [1.82, 2.24) is 4.90 Å². The van der Waals surface area contributed by atoms with Crippen LogP contribution in [0.15, 0.2) is 24.3 Å². The number of benzene rings is 1. The maximum Gasteiger partial charge on any atom is 0.407 e. The molecule has 1 aromatic carbocycles. The van der Waals surface area contributed by atoms with Crippen molar-refractivity contribution in [2.24, 2.45) is 0 Å². The lowest BCUT2D eigenvalue weighted by Crippen LogP contribution is -2.24. The maximum atomic E-state index is 10.5. The maximum absolute atomic E-state index is 10.5. The van der Waals surface area contributed by atoms with Crippen molar-refractivity contribution in [2.45, 2.75) is 6.54 Å². The summed E-state index contributed by atoms with van der Waals surface area (Å²) in [6, 6.07) is 7.74. The van der Waals surface area contributed by atoms with Crippen molar-refractivity contribution >= 4 is 28.7 Å². The van der Waals surface area contributed by atoms with Gasteiger partial charge in [0.05, 0.1) is 0 Å². The minimum atomic E-state index is -0.903. The monoisotopic (exact) mass is 291 g/mol. The van der Waals surface area contributed by atoms with Crippen molar-refractivity contribution in [1.29, 1.82) is 0 Å².